The van der Waals surface area contributed by atoms with E-state index in [0.717, 1.165) is 17.1 Å². The molecule has 1 aromatic heterocycles. The normalized spacial score (nSPS) is 15.2. The summed E-state index contributed by atoms with van der Waals surface area (Å²) >= 11 is 0. The van der Waals surface area contributed by atoms with E-state index in [2.05, 4.69) is 15.2 Å². The van der Waals surface area contributed by atoms with Crippen molar-refractivity contribution in [2.24, 2.45) is 0 Å². The van der Waals surface area contributed by atoms with E-state index >= 15 is 0 Å². The Morgan fingerprint density at radius 3 is 2.66 bits per heavy atom. The van der Waals surface area contributed by atoms with Crippen LogP contribution in [0.3, 0.4) is 0 Å². The average molecular weight is 464 g/mol. The Kier molecular flexibility index (Phi) is 6.28. The fourth-order valence-electron chi connectivity index (χ4n) is 3.85. The van der Waals surface area contributed by atoms with Crippen molar-refractivity contribution in [3.8, 4) is 5.75 Å². The summed E-state index contributed by atoms with van der Waals surface area (Å²) in [6, 6.07) is 9.57. The zero-order chi connectivity index (χ0) is 22.9. The van der Waals surface area contributed by atoms with Crippen molar-refractivity contribution < 1.29 is 22.1 Å². The van der Waals surface area contributed by atoms with E-state index in [1.807, 2.05) is 12.1 Å². The predicted octanol–water partition coefficient (Wildman–Crippen LogP) is 4.68. The minimum Gasteiger partial charge on any atom is -0.495 e. The Hall–Kier alpha value is -2.81. The number of ether oxygens (including phenoxy) is 1. The number of halogens is 3. The third-order valence-corrected chi connectivity index (χ3v) is 6.86. The monoisotopic (exact) mass is 463 g/mol. The largest absolute Gasteiger partial charge is 0.495 e. The van der Waals surface area contributed by atoms with Gasteiger partial charge in [0.2, 0.25) is 0 Å². The second-order valence-corrected chi connectivity index (χ2v) is 9.45. The van der Waals surface area contributed by atoms with Crippen LogP contribution < -0.4 is 15.0 Å². The highest BCUT2D eigenvalue weighted by atomic mass is 32.2. The van der Waals surface area contributed by atoms with Gasteiger partial charge in [-0.2, -0.15) is 0 Å². The molecule has 1 aliphatic rings. The fraction of sp³-hybridized carbons (Fsp3) is 0.348. The molecule has 170 valence electrons. The van der Waals surface area contributed by atoms with Crippen molar-refractivity contribution in [3.05, 3.63) is 59.5 Å². The highest BCUT2D eigenvalue weighted by Gasteiger charge is 2.29. The van der Waals surface area contributed by atoms with Crippen LogP contribution in [0.15, 0.2) is 42.6 Å². The van der Waals surface area contributed by atoms with Gasteiger partial charge in [-0.1, -0.05) is 18.2 Å². The first-order valence-electron chi connectivity index (χ1n) is 10.2. The molecule has 0 amide bonds. The number of rotatable bonds is 6. The molecule has 0 spiro atoms. The molecule has 0 saturated carbocycles. The molecule has 9 heteroatoms. The summed E-state index contributed by atoms with van der Waals surface area (Å²) in [6.07, 6.45) is 1.63. The number of benzene rings is 2. The summed E-state index contributed by atoms with van der Waals surface area (Å²) in [7, 11) is 0.786. The number of fused-ring (bicyclic) bond motifs is 1. The molecule has 1 N–H and O–H groups in total. The fourth-order valence-corrected chi connectivity index (χ4v) is 4.90. The van der Waals surface area contributed by atoms with E-state index in [0.29, 0.717) is 48.5 Å². The number of nitrogens with one attached hydrogen (secondary N) is 1. The lowest BCUT2D eigenvalue weighted by molar-refractivity contribution is 0.0136. The van der Waals surface area contributed by atoms with E-state index in [9.17, 15) is 17.4 Å². The molecule has 0 aliphatic carbocycles. The van der Waals surface area contributed by atoms with Crippen LogP contribution in [-0.2, 0) is 23.3 Å². The summed E-state index contributed by atoms with van der Waals surface area (Å²) in [4.78, 5) is 6.54. The van der Waals surface area contributed by atoms with Crippen molar-refractivity contribution in [2.45, 2.75) is 19.4 Å². The van der Waals surface area contributed by atoms with Gasteiger partial charge in [-0.25, -0.2) is 13.2 Å². The minimum atomic E-state index is -3.26. The molecule has 32 heavy (non-hydrogen) atoms. The Labute approximate surface area is 187 Å². The maximum absolute atomic E-state index is 14.6. The molecule has 1 saturated heterocycles. The molecule has 0 unspecified atom stereocenters. The van der Waals surface area contributed by atoms with E-state index in [4.69, 9.17) is 4.74 Å². The van der Waals surface area contributed by atoms with Crippen molar-refractivity contribution in [3.63, 3.8) is 0 Å². The standard InChI is InChI=1S/C23H24F3N3O2S/c1-23(25,26)17-5-3-4-15(22(17)24)14-28-18-6-7-27-19-13-21(31-2)20(12-16(18)19)29-8-10-32(30)11-9-29/h3-7,12-13H,8-11,14H2,1-2H3,(H,27,28). The SMILES string of the molecule is COc1cc2nccc(NCc3cccc(C(C)(F)F)c3F)c2cc1N1CCS(=O)CC1. The van der Waals surface area contributed by atoms with Crippen LogP contribution in [0.1, 0.15) is 18.1 Å². The number of nitrogens with zero attached hydrogens (tertiary/aromatic N) is 2. The molecule has 2 heterocycles. The lowest BCUT2D eigenvalue weighted by Gasteiger charge is -2.30. The summed E-state index contributed by atoms with van der Waals surface area (Å²) < 4.78 is 59.3. The molecular formula is C23H24F3N3O2S. The number of anilines is 2. The first-order valence-corrected chi connectivity index (χ1v) is 11.7. The highest BCUT2D eigenvalue weighted by molar-refractivity contribution is 7.85. The van der Waals surface area contributed by atoms with Crippen molar-refractivity contribution >= 4 is 33.1 Å². The predicted molar refractivity (Wildman–Crippen MR) is 122 cm³/mol. The molecule has 1 fully saturated rings. The van der Waals surface area contributed by atoms with Crippen LogP contribution in [0, 0.1) is 5.82 Å². The average Bonchev–Trinajstić information content (AvgIpc) is 2.77. The van der Waals surface area contributed by atoms with E-state index in [1.54, 1.807) is 19.4 Å². The molecule has 1 aliphatic heterocycles. The maximum atomic E-state index is 14.6. The summed E-state index contributed by atoms with van der Waals surface area (Å²) in [5.74, 6) is -2.31. The summed E-state index contributed by atoms with van der Waals surface area (Å²) in [5, 5.41) is 3.96. The number of aromatic nitrogens is 1. The van der Waals surface area contributed by atoms with Gasteiger partial charge in [-0.3, -0.25) is 9.19 Å². The van der Waals surface area contributed by atoms with Crippen molar-refractivity contribution in [2.75, 3.05) is 41.9 Å². The summed E-state index contributed by atoms with van der Waals surface area (Å²) in [6.45, 7) is 2.03. The smallest absolute Gasteiger partial charge is 0.273 e. The van der Waals surface area contributed by atoms with E-state index in [1.165, 1.54) is 12.1 Å². The second kappa shape index (κ2) is 8.97. The maximum Gasteiger partial charge on any atom is 0.273 e. The molecule has 4 rings (SSSR count). The van der Waals surface area contributed by atoms with Gasteiger partial charge in [-0.15, -0.1) is 0 Å². The Morgan fingerprint density at radius 1 is 1.22 bits per heavy atom. The number of alkyl halides is 2. The van der Waals surface area contributed by atoms with Gasteiger partial charge < -0.3 is 15.0 Å². The first-order chi connectivity index (χ1) is 15.3. The Balaban J connectivity index is 1.67. The van der Waals surface area contributed by atoms with Gasteiger partial charge in [0.05, 0.1) is 23.9 Å². The molecule has 0 atom stereocenters. The second-order valence-electron chi connectivity index (χ2n) is 7.76. The van der Waals surface area contributed by atoms with Crippen molar-refractivity contribution in [1.82, 2.24) is 4.98 Å². The number of pyridine rings is 1. The lowest BCUT2D eigenvalue weighted by Crippen LogP contribution is -2.37. The number of hydrogen-bond donors (Lipinski definition) is 1. The van der Waals surface area contributed by atoms with E-state index < -0.39 is 28.1 Å². The van der Waals surface area contributed by atoms with Crippen LogP contribution in [0.4, 0.5) is 24.5 Å². The lowest BCUT2D eigenvalue weighted by atomic mass is 10.0. The molecule has 0 bridgehead atoms. The molecular weight excluding hydrogens is 439 g/mol. The van der Waals surface area contributed by atoms with Gasteiger partial charge in [0.1, 0.15) is 11.6 Å². The van der Waals surface area contributed by atoms with Gasteiger partial charge in [-0.05, 0) is 12.1 Å². The van der Waals surface area contributed by atoms with Gasteiger partial charge in [0.25, 0.3) is 5.92 Å². The van der Waals surface area contributed by atoms with Crippen LogP contribution in [0.25, 0.3) is 10.9 Å². The van der Waals surface area contributed by atoms with Crippen LogP contribution in [0.2, 0.25) is 0 Å². The van der Waals surface area contributed by atoms with Crippen LogP contribution in [-0.4, -0.2) is 40.9 Å². The highest BCUT2D eigenvalue weighted by Crippen LogP contribution is 2.36. The van der Waals surface area contributed by atoms with Gasteiger partial charge in [0, 0.05) is 77.8 Å². The number of hydrogen-bond acceptors (Lipinski definition) is 5. The van der Waals surface area contributed by atoms with Crippen LogP contribution >= 0.6 is 0 Å². The third-order valence-electron chi connectivity index (χ3n) is 5.58. The van der Waals surface area contributed by atoms with Gasteiger partial charge in [0.15, 0.2) is 0 Å². The molecule has 2 aromatic carbocycles. The van der Waals surface area contributed by atoms with Gasteiger partial charge >= 0.3 is 0 Å². The Morgan fingerprint density at radius 2 is 1.97 bits per heavy atom. The molecule has 0 radical (unpaired) electrons. The zero-order valence-corrected chi connectivity index (χ0v) is 18.6. The molecule has 3 aromatic rings. The topological polar surface area (TPSA) is 54.5 Å². The zero-order valence-electron chi connectivity index (χ0n) is 17.8. The number of methoxy groups -OCH3 is 1. The quantitative estimate of drug-likeness (QED) is 0.576. The van der Waals surface area contributed by atoms with Crippen LogP contribution in [0.5, 0.6) is 5.75 Å². The van der Waals surface area contributed by atoms with E-state index in [-0.39, 0.29) is 12.1 Å². The summed E-state index contributed by atoms with van der Waals surface area (Å²) in [5.41, 5.74) is 1.79. The third kappa shape index (κ3) is 4.53. The first kappa shape index (κ1) is 22.4. The molecule has 5 nitrogen and oxygen atoms in total. The minimum absolute atomic E-state index is 0.0406. The van der Waals surface area contributed by atoms with Crippen molar-refractivity contribution in [1.29, 1.82) is 0 Å². The Bertz CT molecular complexity index is 1160.